The van der Waals surface area contributed by atoms with Crippen molar-refractivity contribution in [2.45, 2.75) is 38.4 Å². The lowest BCUT2D eigenvalue weighted by molar-refractivity contribution is -0.136. The maximum Gasteiger partial charge on any atom is 0.255 e. The van der Waals surface area contributed by atoms with Crippen LogP contribution in [0.25, 0.3) is 0 Å². The van der Waals surface area contributed by atoms with E-state index < -0.39 is 48.8 Å². The predicted molar refractivity (Wildman–Crippen MR) is 122 cm³/mol. The molecular formula is C25H27FN4O4. The molecule has 3 aliphatic rings. The number of carbonyl (C=O) groups is 3. The van der Waals surface area contributed by atoms with Crippen LogP contribution in [0, 0.1) is 5.82 Å². The molecule has 0 bridgehead atoms. The van der Waals surface area contributed by atoms with E-state index in [4.69, 9.17) is 13.0 Å². The average Bonchev–Trinajstić information content (AvgIpc) is 3.20. The summed E-state index contributed by atoms with van der Waals surface area (Å²) in [4.78, 5) is 40.8. The number of nitrogens with zero attached hydrogens (tertiary/aromatic N) is 2. The number of rotatable bonds is 6. The number of morpholine rings is 1. The molecule has 2 N–H and O–H groups in total. The van der Waals surface area contributed by atoms with Crippen molar-refractivity contribution in [1.82, 2.24) is 15.1 Å². The van der Waals surface area contributed by atoms with Gasteiger partial charge >= 0.3 is 0 Å². The van der Waals surface area contributed by atoms with Crippen molar-refractivity contribution in [1.29, 1.82) is 0 Å². The van der Waals surface area contributed by atoms with Crippen LogP contribution in [-0.2, 0) is 33.9 Å². The lowest BCUT2D eigenvalue weighted by Gasteiger charge is -2.29. The summed E-state index contributed by atoms with van der Waals surface area (Å²) in [5.41, 5.74) is 0.807. The van der Waals surface area contributed by atoms with Gasteiger partial charge in [0.1, 0.15) is 11.9 Å². The fourth-order valence-corrected chi connectivity index (χ4v) is 4.22. The maximum atomic E-state index is 15.1. The highest BCUT2D eigenvalue weighted by atomic mass is 19.1. The van der Waals surface area contributed by atoms with Crippen molar-refractivity contribution in [3.8, 4) is 0 Å². The third-order valence-electron chi connectivity index (χ3n) is 5.99. The largest absolute Gasteiger partial charge is 0.381 e. The third-order valence-corrected chi connectivity index (χ3v) is 5.99. The van der Waals surface area contributed by atoms with Gasteiger partial charge < -0.3 is 15.0 Å². The molecule has 0 saturated carbocycles. The molecule has 34 heavy (non-hydrogen) atoms. The SMILES string of the molecule is [2H]C([2H])(Nc1cccc2c1CN(C1C(=O)NC(=O)C([2H])([2H])C1([2H])[2H])C2=O)c1ccc(CN2CCOCC2)cc1F. The van der Waals surface area contributed by atoms with Crippen molar-refractivity contribution in [3.05, 3.63) is 64.5 Å². The zero-order valence-corrected chi connectivity index (χ0v) is 18.2. The van der Waals surface area contributed by atoms with Crippen molar-refractivity contribution in [2.75, 3.05) is 31.6 Å². The highest BCUT2D eigenvalue weighted by Crippen LogP contribution is 2.32. The number of anilines is 1. The van der Waals surface area contributed by atoms with Gasteiger partial charge in [-0.05, 0) is 30.1 Å². The number of amides is 3. The predicted octanol–water partition coefficient (Wildman–Crippen LogP) is 2.03. The Balaban J connectivity index is 1.39. The monoisotopic (exact) mass is 472 g/mol. The number of halogens is 1. The number of nitrogens with one attached hydrogen (secondary N) is 2. The van der Waals surface area contributed by atoms with Crippen molar-refractivity contribution in [3.63, 3.8) is 0 Å². The van der Waals surface area contributed by atoms with Crippen LogP contribution >= 0.6 is 0 Å². The minimum absolute atomic E-state index is 0.0446. The summed E-state index contributed by atoms with van der Waals surface area (Å²) in [5.74, 6) is -4.13. The molecule has 8 nitrogen and oxygen atoms in total. The maximum absolute atomic E-state index is 15.1. The molecule has 1 unspecified atom stereocenters. The van der Waals surface area contributed by atoms with Gasteiger partial charge in [-0.25, -0.2) is 4.39 Å². The number of ether oxygens (including phenoxy) is 1. The summed E-state index contributed by atoms with van der Waals surface area (Å²) >= 11 is 0. The molecule has 9 heteroatoms. The van der Waals surface area contributed by atoms with Gasteiger partial charge in [-0.2, -0.15) is 0 Å². The van der Waals surface area contributed by atoms with E-state index in [1.54, 1.807) is 11.4 Å². The number of benzene rings is 2. The molecule has 0 spiro atoms. The summed E-state index contributed by atoms with van der Waals surface area (Å²) in [6, 6.07) is 6.67. The van der Waals surface area contributed by atoms with Crippen LogP contribution in [0.1, 0.15) is 48.0 Å². The fourth-order valence-electron chi connectivity index (χ4n) is 4.22. The number of hydrogen-bond donors (Lipinski definition) is 2. The number of piperidine rings is 1. The van der Waals surface area contributed by atoms with Gasteiger partial charge in [0.05, 0.1) is 16.0 Å². The molecule has 3 aliphatic heterocycles. The topological polar surface area (TPSA) is 91.0 Å². The Kier molecular flexibility index (Phi) is 4.58. The summed E-state index contributed by atoms with van der Waals surface area (Å²) < 4.78 is 69.9. The van der Waals surface area contributed by atoms with Gasteiger partial charge in [0, 0.05) is 66.9 Å². The minimum Gasteiger partial charge on any atom is -0.381 e. The lowest BCUT2D eigenvalue weighted by Crippen LogP contribution is -2.52. The van der Waals surface area contributed by atoms with E-state index in [0.717, 1.165) is 4.90 Å². The molecule has 5 rings (SSSR count). The van der Waals surface area contributed by atoms with Crippen molar-refractivity contribution < 1.29 is 31.7 Å². The van der Waals surface area contributed by atoms with Gasteiger partial charge in [0.25, 0.3) is 5.91 Å². The Morgan fingerprint density at radius 1 is 1.21 bits per heavy atom. The van der Waals surface area contributed by atoms with E-state index in [1.807, 2.05) is 0 Å². The molecule has 178 valence electrons. The van der Waals surface area contributed by atoms with E-state index in [0.29, 0.717) is 38.4 Å². The van der Waals surface area contributed by atoms with E-state index in [9.17, 15) is 14.4 Å². The summed E-state index contributed by atoms with van der Waals surface area (Å²) in [6.07, 6.45) is -6.14. The molecule has 0 aliphatic carbocycles. The second-order valence-electron chi connectivity index (χ2n) is 8.21. The first kappa shape index (κ1) is 16.3. The molecule has 0 radical (unpaired) electrons. The number of carbonyl (C=O) groups excluding carboxylic acids is 3. The van der Waals surface area contributed by atoms with Crippen LogP contribution in [0.3, 0.4) is 0 Å². The molecular weight excluding hydrogens is 439 g/mol. The Labute approximate surface area is 205 Å². The van der Waals surface area contributed by atoms with E-state index in [2.05, 4.69) is 10.2 Å². The Hall–Kier alpha value is -3.30. The molecule has 3 amide bonds. The molecule has 2 fully saturated rings. The standard InChI is InChI=1S/C25H27FN4O4/c26-20-12-16(14-29-8-10-34-11-9-29)4-5-17(20)13-27-21-3-1-2-18-19(21)15-30(25(18)33)22-6-7-23(31)28-24(22)32/h1-5,12,22,27H,6-11,13-15H2,(H,28,31,32)/i6D2,7D2,13D2. The fraction of sp³-hybridized carbons (Fsp3) is 0.400. The first-order chi connectivity index (χ1) is 18.7. The van der Waals surface area contributed by atoms with Crippen LogP contribution in [0.2, 0.25) is 0 Å². The van der Waals surface area contributed by atoms with Crippen LogP contribution in [-0.4, -0.2) is 59.9 Å². The third kappa shape index (κ3) is 4.53. The lowest BCUT2D eigenvalue weighted by atomic mass is 10.0. The van der Waals surface area contributed by atoms with Crippen LogP contribution in [0.4, 0.5) is 10.1 Å². The van der Waals surface area contributed by atoms with Crippen molar-refractivity contribution >= 4 is 23.4 Å². The number of hydrogen-bond acceptors (Lipinski definition) is 6. The van der Waals surface area contributed by atoms with E-state index in [1.165, 1.54) is 30.3 Å². The molecule has 2 aromatic rings. The van der Waals surface area contributed by atoms with Gasteiger partial charge in [0.15, 0.2) is 0 Å². The normalized spacial score (nSPS) is 26.9. The zero-order valence-electron chi connectivity index (χ0n) is 24.2. The van der Waals surface area contributed by atoms with E-state index >= 15 is 4.39 Å². The first-order valence-electron chi connectivity index (χ1n) is 13.9. The quantitative estimate of drug-likeness (QED) is 0.626. The summed E-state index contributed by atoms with van der Waals surface area (Å²) in [6.45, 7) is 0.319. The second kappa shape index (κ2) is 9.52. The van der Waals surface area contributed by atoms with Gasteiger partial charge in [-0.3, -0.25) is 24.6 Å². The molecule has 1 atom stereocenters. The van der Waals surface area contributed by atoms with E-state index in [-0.39, 0.29) is 28.9 Å². The Morgan fingerprint density at radius 2 is 2.03 bits per heavy atom. The average molecular weight is 473 g/mol. The zero-order chi connectivity index (χ0) is 29.0. The van der Waals surface area contributed by atoms with Gasteiger partial charge in [0.2, 0.25) is 11.8 Å². The second-order valence-corrected chi connectivity index (χ2v) is 8.21. The van der Waals surface area contributed by atoms with Crippen molar-refractivity contribution in [2.24, 2.45) is 0 Å². The molecule has 2 aromatic carbocycles. The highest BCUT2D eigenvalue weighted by molar-refractivity contribution is 6.06. The Morgan fingerprint density at radius 3 is 2.82 bits per heavy atom. The summed E-state index contributed by atoms with van der Waals surface area (Å²) in [7, 11) is 0. The molecule has 3 heterocycles. The summed E-state index contributed by atoms with van der Waals surface area (Å²) in [5, 5.41) is 4.44. The van der Waals surface area contributed by atoms with Gasteiger partial charge in [-0.1, -0.05) is 18.2 Å². The van der Waals surface area contributed by atoms with Crippen LogP contribution < -0.4 is 10.6 Å². The number of imide groups is 1. The van der Waals surface area contributed by atoms with Crippen LogP contribution in [0.15, 0.2) is 36.4 Å². The minimum atomic E-state index is -3.09. The smallest absolute Gasteiger partial charge is 0.255 e. The first-order valence-corrected chi connectivity index (χ1v) is 10.9. The van der Waals surface area contributed by atoms with Gasteiger partial charge in [-0.15, -0.1) is 0 Å². The molecule has 0 aromatic heterocycles. The number of fused-ring (bicyclic) bond motifs is 1. The Bertz CT molecular complexity index is 1390. The highest BCUT2D eigenvalue weighted by Gasteiger charge is 2.39. The van der Waals surface area contributed by atoms with Crippen LogP contribution in [0.5, 0.6) is 0 Å². The molecule has 2 saturated heterocycles.